The van der Waals surface area contributed by atoms with Crippen LogP contribution in [0, 0.1) is 0 Å². The van der Waals surface area contributed by atoms with Crippen molar-refractivity contribution in [3.8, 4) is 0 Å². The molecule has 0 aliphatic heterocycles. The normalized spacial score (nSPS) is 10.8. The largest absolute Gasteiger partial charge is 0.273 e. The second kappa shape index (κ2) is 7.30. The highest BCUT2D eigenvalue weighted by Crippen LogP contribution is 2.17. The number of halogens is 2. The Hall–Kier alpha value is -1.06. The summed E-state index contributed by atoms with van der Waals surface area (Å²) in [5.74, 6) is -0.0868. The first-order valence-corrected chi connectivity index (χ1v) is 6.15. The van der Waals surface area contributed by atoms with E-state index in [-0.39, 0.29) is 5.91 Å². The van der Waals surface area contributed by atoms with Crippen LogP contribution in [0.15, 0.2) is 23.3 Å². The molecule has 3 nitrogen and oxygen atoms in total. The van der Waals surface area contributed by atoms with E-state index in [1.165, 1.54) is 6.21 Å². The van der Waals surface area contributed by atoms with Crippen LogP contribution >= 0.6 is 23.2 Å². The molecule has 1 amide bonds. The average Bonchev–Trinajstić information content (AvgIpc) is 2.25. The van der Waals surface area contributed by atoms with Crippen molar-refractivity contribution in [3.05, 3.63) is 33.8 Å². The van der Waals surface area contributed by atoms with Gasteiger partial charge in [-0.1, -0.05) is 36.5 Å². The molecule has 0 unspecified atom stereocenters. The van der Waals surface area contributed by atoms with Gasteiger partial charge in [-0.3, -0.25) is 4.79 Å². The topological polar surface area (TPSA) is 41.5 Å². The predicted molar refractivity (Wildman–Crippen MR) is 71.7 cm³/mol. The molecule has 1 rings (SSSR count). The minimum atomic E-state index is -0.0868. The zero-order valence-electron chi connectivity index (χ0n) is 9.54. The van der Waals surface area contributed by atoms with E-state index in [1.807, 2.05) is 6.92 Å². The Bertz CT molecular complexity index is 399. The second-order valence-electron chi connectivity index (χ2n) is 3.60. The van der Waals surface area contributed by atoms with Crippen LogP contribution in [0.25, 0.3) is 0 Å². The van der Waals surface area contributed by atoms with E-state index < -0.39 is 0 Å². The quantitative estimate of drug-likeness (QED) is 0.646. The number of benzene rings is 1. The van der Waals surface area contributed by atoms with Crippen LogP contribution in [-0.4, -0.2) is 12.1 Å². The fourth-order valence-corrected chi connectivity index (χ4v) is 1.76. The van der Waals surface area contributed by atoms with Gasteiger partial charge in [0.2, 0.25) is 5.91 Å². The molecular formula is C12H14Cl2N2O. The summed E-state index contributed by atoms with van der Waals surface area (Å²) in [5.41, 5.74) is 3.20. The highest BCUT2D eigenvalue weighted by Gasteiger charge is 1.98. The number of hydrogen-bond donors (Lipinski definition) is 1. The van der Waals surface area contributed by atoms with Gasteiger partial charge >= 0.3 is 0 Å². The molecule has 0 saturated heterocycles. The summed E-state index contributed by atoms with van der Waals surface area (Å²) in [6, 6.07) is 5.07. The number of carbonyl (C=O) groups excluding carboxylic acids is 1. The van der Waals surface area contributed by atoms with Gasteiger partial charge in [0.25, 0.3) is 0 Å². The monoisotopic (exact) mass is 272 g/mol. The molecule has 0 atom stereocenters. The number of hydrazone groups is 1. The Labute approximate surface area is 111 Å². The van der Waals surface area contributed by atoms with E-state index in [0.717, 1.165) is 18.4 Å². The summed E-state index contributed by atoms with van der Waals surface area (Å²) < 4.78 is 0. The maximum Gasteiger partial charge on any atom is 0.240 e. The van der Waals surface area contributed by atoms with E-state index in [1.54, 1.807) is 18.2 Å². The number of carbonyl (C=O) groups is 1. The average molecular weight is 273 g/mol. The molecule has 0 heterocycles. The van der Waals surface area contributed by atoms with E-state index in [2.05, 4.69) is 10.5 Å². The Morgan fingerprint density at radius 1 is 1.35 bits per heavy atom. The molecule has 1 N–H and O–H groups in total. The van der Waals surface area contributed by atoms with Crippen molar-refractivity contribution in [3.63, 3.8) is 0 Å². The lowest BCUT2D eigenvalue weighted by molar-refractivity contribution is -0.121. The summed E-state index contributed by atoms with van der Waals surface area (Å²) in [6.45, 7) is 2.03. The maximum atomic E-state index is 11.2. The molecule has 17 heavy (non-hydrogen) atoms. The number of hydrogen-bond acceptors (Lipinski definition) is 2. The first kappa shape index (κ1) is 14.0. The minimum Gasteiger partial charge on any atom is -0.273 e. The van der Waals surface area contributed by atoms with Crippen LogP contribution in [0.1, 0.15) is 31.7 Å². The summed E-state index contributed by atoms with van der Waals surface area (Å²) in [4.78, 5) is 11.2. The Kier molecular flexibility index (Phi) is 6.01. The zero-order valence-corrected chi connectivity index (χ0v) is 11.1. The van der Waals surface area contributed by atoms with Crippen molar-refractivity contribution < 1.29 is 4.79 Å². The van der Waals surface area contributed by atoms with E-state index in [4.69, 9.17) is 23.2 Å². The van der Waals surface area contributed by atoms with Crippen molar-refractivity contribution in [2.75, 3.05) is 0 Å². The van der Waals surface area contributed by atoms with Crippen LogP contribution in [0.5, 0.6) is 0 Å². The van der Waals surface area contributed by atoms with Crippen LogP contribution in [-0.2, 0) is 4.79 Å². The second-order valence-corrected chi connectivity index (χ2v) is 4.47. The van der Waals surface area contributed by atoms with Crippen molar-refractivity contribution in [2.45, 2.75) is 26.2 Å². The van der Waals surface area contributed by atoms with Gasteiger partial charge in [-0.2, -0.15) is 5.10 Å². The van der Waals surface area contributed by atoms with Crippen molar-refractivity contribution >= 4 is 35.3 Å². The van der Waals surface area contributed by atoms with Crippen LogP contribution in [0.3, 0.4) is 0 Å². The highest BCUT2D eigenvalue weighted by atomic mass is 35.5. The third-order valence-corrected chi connectivity index (χ3v) is 2.48. The van der Waals surface area contributed by atoms with Gasteiger partial charge in [0.15, 0.2) is 0 Å². The fourth-order valence-electron chi connectivity index (χ4n) is 1.22. The third-order valence-electron chi connectivity index (χ3n) is 2.05. The third kappa shape index (κ3) is 5.71. The molecule has 5 heteroatoms. The first-order valence-electron chi connectivity index (χ1n) is 5.40. The lowest BCUT2D eigenvalue weighted by atomic mass is 10.2. The molecule has 0 radical (unpaired) electrons. The van der Waals surface area contributed by atoms with Crippen LogP contribution < -0.4 is 5.43 Å². The fraction of sp³-hybridized carbons (Fsp3) is 0.333. The van der Waals surface area contributed by atoms with Crippen molar-refractivity contribution in [1.82, 2.24) is 5.43 Å². The molecule has 0 saturated carbocycles. The van der Waals surface area contributed by atoms with Gasteiger partial charge in [-0.25, -0.2) is 5.43 Å². The number of amides is 1. The molecule has 1 aromatic carbocycles. The number of nitrogens with zero attached hydrogens (tertiary/aromatic N) is 1. The van der Waals surface area contributed by atoms with Gasteiger partial charge in [-0.15, -0.1) is 0 Å². The van der Waals surface area contributed by atoms with E-state index in [9.17, 15) is 4.79 Å². The minimum absolute atomic E-state index is 0.0868. The Morgan fingerprint density at radius 3 is 2.59 bits per heavy atom. The molecule has 0 bridgehead atoms. The molecule has 0 fully saturated rings. The van der Waals surface area contributed by atoms with Gasteiger partial charge in [-0.05, 0) is 30.2 Å². The Morgan fingerprint density at radius 2 is 2.00 bits per heavy atom. The van der Waals surface area contributed by atoms with E-state index in [0.29, 0.717) is 16.5 Å². The molecule has 0 aromatic heterocycles. The summed E-state index contributed by atoms with van der Waals surface area (Å²) in [5, 5.41) is 4.91. The molecule has 1 aromatic rings. The smallest absolute Gasteiger partial charge is 0.240 e. The SMILES string of the molecule is CCCCC(=O)N/N=C\c1cc(Cl)cc(Cl)c1. The highest BCUT2D eigenvalue weighted by molar-refractivity contribution is 6.35. The van der Waals surface area contributed by atoms with E-state index >= 15 is 0 Å². The van der Waals surface area contributed by atoms with Crippen molar-refractivity contribution in [1.29, 1.82) is 0 Å². The lowest BCUT2D eigenvalue weighted by Crippen LogP contribution is -2.16. The molecule has 0 aliphatic carbocycles. The maximum absolute atomic E-state index is 11.2. The molecule has 0 spiro atoms. The van der Waals surface area contributed by atoms with Gasteiger partial charge in [0.05, 0.1) is 6.21 Å². The van der Waals surface area contributed by atoms with Crippen LogP contribution in [0.4, 0.5) is 0 Å². The zero-order chi connectivity index (χ0) is 12.7. The van der Waals surface area contributed by atoms with Gasteiger partial charge in [0, 0.05) is 16.5 Å². The standard InChI is InChI=1S/C12H14Cl2N2O/c1-2-3-4-12(17)16-15-8-9-5-10(13)7-11(14)6-9/h5-8H,2-4H2,1H3,(H,16,17)/b15-8-. The Balaban J connectivity index is 2.50. The lowest BCUT2D eigenvalue weighted by Gasteiger charge is -1.99. The molecular weight excluding hydrogens is 259 g/mol. The summed E-state index contributed by atoms with van der Waals surface area (Å²) in [7, 11) is 0. The van der Waals surface area contributed by atoms with Crippen LogP contribution in [0.2, 0.25) is 10.0 Å². The predicted octanol–water partition coefficient (Wildman–Crippen LogP) is 3.63. The molecule has 92 valence electrons. The summed E-state index contributed by atoms with van der Waals surface area (Å²) in [6.07, 6.45) is 3.86. The number of unbranched alkanes of at least 4 members (excludes halogenated alkanes) is 1. The number of rotatable bonds is 5. The van der Waals surface area contributed by atoms with Gasteiger partial charge < -0.3 is 0 Å². The first-order chi connectivity index (χ1) is 8.11. The summed E-state index contributed by atoms with van der Waals surface area (Å²) >= 11 is 11.7. The van der Waals surface area contributed by atoms with Crippen molar-refractivity contribution in [2.24, 2.45) is 5.10 Å². The molecule has 0 aliphatic rings. The van der Waals surface area contributed by atoms with Gasteiger partial charge in [0.1, 0.15) is 0 Å². The number of nitrogens with one attached hydrogen (secondary N) is 1.